The third-order valence-corrected chi connectivity index (χ3v) is 10.8. The summed E-state index contributed by atoms with van der Waals surface area (Å²) in [7, 11) is 5.74. The average Bonchev–Trinajstić information content (AvgIpc) is 3.47. The summed E-state index contributed by atoms with van der Waals surface area (Å²) in [4.78, 5) is 41.9. The molecule has 2 aliphatic carbocycles. The maximum Gasteiger partial charge on any atom is 0.407 e. The number of aryl methyl sites for hydroxylation is 1. The second kappa shape index (κ2) is 12.7. The van der Waals surface area contributed by atoms with E-state index in [9.17, 15) is 9.59 Å². The first-order valence-corrected chi connectivity index (χ1v) is 18.0. The Bertz CT molecular complexity index is 2110. The van der Waals surface area contributed by atoms with Gasteiger partial charge in [-0.1, -0.05) is 30.3 Å². The van der Waals surface area contributed by atoms with Crippen molar-refractivity contribution < 1.29 is 19.1 Å². The molecule has 2 bridgehead atoms. The first-order chi connectivity index (χ1) is 24.5. The number of fused-ring (bicyclic) bond motifs is 4. The molecule has 266 valence electrons. The van der Waals surface area contributed by atoms with Crippen LogP contribution in [0.5, 0.6) is 5.75 Å². The summed E-state index contributed by atoms with van der Waals surface area (Å²) in [5.41, 5.74) is 4.56. The number of benzene rings is 2. The van der Waals surface area contributed by atoms with Gasteiger partial charge < -0.3 is 28.8 Å². The Morgan fingerprint density at radius 1 is 1.06 bits per heavy atom. The maximum atomic E-state index is 14.7. The molecule has 2 aromatic carbocycles. The molecular formula is C40H47N7O4. The minimum absolute atomic E-state index is 0.0434. The number of hydrogen-bond acceptors (Lipinski definition) is 7. The van der Waals surface area contributed by atoms with E-state index in [1.54, 1.807) is 7.11 Å². The van der Waals surface area contributed by atoms with Gasteiger partial charge in [0, 0.05) is 55.8 Å². The molecule has 51 heavy (non-hydrogen) atoms. The Morgan fingerprint density at radius 3 is 2.57 bits per heavy atom. The Hall–Kier alpha value is -4.90. The van der Waals surface area contributed by atoms with Crippen molar-refractivity contribution in [2.24, 2.45) is 18.9 Å². The molecule has 0 spiro atoms. The average molecular weight is 690 g/mol. The lowest BCUT2D eigenvalue weighted by molar-refractivity contribution is 0.0448. The van der Waals surface area contributed by atoms with E-state index in [1.165, 1.54) is 18.4 Å². The van der Waals surface area contributed by atoms with Crippen molar-refractivity contribution in [1.82, 2.24) is 34.2 Å². The molecule has 3 aliphatic rings. The highest BCUT2D eigenvalue weighted by molar-refractivity contribution is 6.00. The molecule has 2 amide bonds. The Kier molecular flexibility index (Phi) is 8.28. The number of rotatable bonds is 9. The summed E-state index contributed by atoms with van der Waals surface area (Å²) < 4.78 is 16.0. The molecule has 8 rings (SSSR count). The van der Waals surface area contributed by atoms with Gasteiger partial charge in [0.2, 0.25) is 0 Å². The number of nitrogens with one attached hydrogen (secondary N) is 1. The highest BCUT2D eigenvalue weighted by Crippen LogP contribution is 2.43. The van der Waals surface area contributed by atoms with Crippen LogP contribution in [0.25, 0.3) is 33.6 Å². The maximum absolute atomic E-state index is 14.7. The van der Waals surface area contributed by atoms with Gasteiger partial charge in [-0.3, -0.25) is 9.69 Å². The smallest absolute Gasteiger partial charge is 0.407 e. The SMILES string of the molecule is COc1cc(C(=O)N2C[C@H]3CC(N(C)Cc4ccccc4)[C@@H]2[C@@H]3NC(=O)OC(C)(C)C)cc2nc(-c3cc4cccnc4n3CC3CC3)n(C)c12. The number of piperidine rings is 1. The zero-order valence-electron chi connectivity index (χ0n) is 30.3. The topological polar surface area (TPSA) is 107 Å². The molecule has 1 aliphatic heterocycles. The summed E-state index contributed by atoms with van der Waals surface area (Å²) in [6, 6.07) is 19.9. The number of hydrogen-bond donors (Lipinski definition) is 1. The third kappa shape index (κ3) is 6.22. The number of amides is 2. The van der Waals surface area contributed by atoms with Gasteiger partial charge in [0.05, 0.1) is 30.4 Å². The van der Waals surface area contributed by atoms with Crippen molar-refractivity contribution in [2.75, 3.05) is 20.7 Å². The second-order valence-electron chi connectivity index (χ2n) is 15.6. The van der Waals surface area contributed by atoms with Crippen LogP contribution < -0.4 is 10.1 Å². The molecule has 5 aromatic rings. The monoisotopic (exact) mass is 689 g/mol. The van der Waals surface area contributed by atoms with E-state index in [4.69, 9.17) is 19.4 Å². The Labute approximate surface area is 298 Å². The number of likely N-dealkylation sites (N-methyl/N-ethyl adjacent to an activating group) is 1. The van der Waals surface area contributed by atoms with Crippen molar-refractivity contribution in [3.63, 3.8) is 0 Å². The van der Waals surface area contributed by atoms with E-state index >= 15 is 0 Å². The lowest BCUT2D eigenvalue weighted by Gasteiger charge is -2.38. The van der Waals surface area contributed by atoms with E-state index in [1.807, 2.05) is 75.3 Å². The van der Waals surface area contributed by atoms with Gasteiger partial charge in [-0.25, -0.2) is 14.8 Å². The number of nitrogens with zero attached hydrogens (tertiary/aromatic N) is 6. The summed E-state index contributed by atoms with van der Waals surface area (Å²) >= 11 is 0. The zero-order valence-corrected chi connectivity index (χ0v) is 30.3. The Morgan fingerprint density at radius 2 is 1.84 bits per heavy atom. The second-order valence-corrected chi connectivity index (χ2v) is 15.6. The highest BCUT2D eigenvalue weighted by atomic mass is 16.6. The molecule has 3 fully saturated rings. The van der Waals surface area contributed by atoms with Gasteiger partial charge in [-0.05, 0) is 88.9 Å². The van der Waals surface area contributed by atoms with Gasteiger partial charge in [0.25, 0.3) is 5.91 Å². The van der Waals surface area contributed by atoms with Crippen LogP contribution in [0.1, 0.15) is 56.0 Å². The molecule has 11 nitrogen and oxygen atoms in total. The van der Waals surface area contributed by atoms with Crippen molar-refractivity contribution in [1.29, 1.82) is 0 Å². The largest absolute Gasteiger partial charge is 0.494 e. The molecule has 1 N–H and O–H groups in total. The zero-order chi connectivity index (χ0) is 35.6. The van der Waals surface area contributed by atoms with Gasteiger partial charge in [-0.15, -0.1) is 0 Å². The standard InChI is InChI=1S/C40H47N7O4/c1-40(2,3)51-39(49)43-33-28-19-30(44(4)21-24-11-8-7-9-12-24)35(33)47(23-28)38(48)27-17-29-34(32(20-27)50-6)45(5)37(42-29)31-18-26-13-10-16-41-36(26)46(31)22-25-14-15-25/h7-13,16-18,20,25,28,30,33,35H,14-15,19,21-23H2,1-6H3,(H,43,49)/t28-,30?,33-,35-/m1/s1. The fraction of sp³-hybridized carbons (Fsp3) is 0.450. The van der Waals surface area contributed by atoms with Crippen LogP contribution in [0.4, 0.5) is 4.79 Å². The lowest BCUT2D eigenvalue weighted by Crippen LogP contribution is -2.55. The minimum atomic E-state index is -0.628. The van der Waals surface area contributed by atoms with Gasteiger partial charge in [-0.2, -0.15) is 0 Å². The number of imidazole rings is 1. The third-order valence-electron chi connectivity index (χ3n) is 10.8. The fourth-order valence-electron chi connectivity index (χ4n) is 8.37. The summed E-state index contributed by atoms with van der Waals surface area (Å²) in [6.07, 6.45) is 4.70. The molecule has 3 aromatic heterocycles. The van der Waals surface area contributed by atoms with Crippen molar-refractivity contribution in [2.45, 2.75) is 76.8 Å². The van der Waals surface area contributed by atoms with Crippen LogP contribution in [0.2, 0.25) is 0 Å². The molecule has 1 unspecified atom stereocenters. The van der Waals surface area contributed by atoms with Crippen molar-refractivity contribution >= 4 is 34.1 Å². The van der Waals surface area contributed by atoms with Crippen LogP contribution in [0.3, 0.4) is 0 Å². The van der Waals surface area contributed by atoms with E-state index in [2.05, 4.69) is 50.7 Å². The highest BCUT2D eigenvalue weighted by Gasteiger charge is 2.56. The normalized spacial score (nSPS) is 21.6. The van der Waals surface area contributed by atoms with E-state index < -0.39 is 11.7 Å². The quantitative estimate of drug-likeness (QED) is 0.195. The summed E-state index contributed by atoms with van der Waals surface area (Å²) in [6.45, 7) is 7.76. The molecule has 4 heterocycles. The molecule has 1 saturated heterocycles. The van der Waals surface area contributed by atoms with Gasteiger partial charge in [0.1, 0.15) is 22.5 Å². The number of likely N-dealkylation sites (tertiary alicyclic amines) is 1. The van der Waals surface area contributed by atoms with E-state index in [0.29, 0.717) is 29.3 Å². The fourth-order valence-corrected chi connectivity index (χ4v) is 8.37. The number of carbonyl (C=O) groups excluding carboxylic acids is 2. The van der Waals surface area contributed by atoms with Crippen molar-refractivity contribution in [3.05, 3.63) is 78.0 Å². The van der Waals surface area contributed by atoms with Crippen molar-refractivity contribution in [3.8, 4) is 17.3 Å². The van der Waals surface area contributed by atoms with Crippen LogP contribution in [-0.2, 0) is 24.9 Å². The van der Waals surface area contributed by atoms with Crippen LogP contribution in [0.15, 0.2) is 66.9 Å². The molecular weight excluding hydrogens is 642 g/mol. The first kappa shape index (κ1) is 33.3. The van der Waals surface area contributed by atoms with Crippen LogP contribution >= 0.6 is 0 Å². The molecule has 4 atom stereocenters. The molecule has 11 heteroatoms. The predicted molar refractivity (Wildman–Crippen MR) is 197 cm³/mol. The molecule has 0 radical (unpaired) electrons. The Balaban J connectivity index is 1.14. The number of aromatic nitrogens is 4. The molecule has 2 saturated carbocycles. The van der Waals surface area contributed by atoms with E-state index in [0.717, 1.165) is 47.6 Å². The minimum Gasteiger partial charge on any atom is -0.494 e. The number of methoxy groups -OCH3 is 1. The van der Waals surface area contributed by atoms with Crippen LogP contribution in [-0.4, -0.2) is 85.3 Å². The number of ether oxygens (including phenoxy) is 2. The summed E-state index contributed by atoms with van der Waals surface area (Å²) in [5.74, 6) is 2.02. The number of alkyl carbamates (subject to hydrolysis) is 1. The van der Waals surface area contributed by atoms with Gasteiger partial charge >= 0.3 is 6.09 Å². The number of pyridine rings is 1. The first-order valence-electron chi connectivity index (χ1n) is 18.0. The van der Waals surface area contributed by atoms with Gasteiger partial charge in [0.15, 0.2) is 5.82 Å². The van der Waals surface area contributed by atoms with Crippen LogP contribution in [0, 0.1) is 11.8 Å². The van der Waals surface area contributed by atoms with E-state index in [-0.39, 0.29) is 30.0 Å². The summed E-state index contributed by atoms with van der Waals surface area (Å²) in [5, 5.41) is 4.25. The predicted octanol–water partition coefficient (Wildman–Crippen LogP) is 6.25. The number of carbonyl (C=O) groups is 2. The lowest BCUT2D eigenvalue weighted by atomic mass is 10.0.